The van der Waals surface area contributed by atoms with Gasteiger partial charge in [-0.3, -0.25) is 4.79 Å². The van der Waals surface area contributed by atoms with Gasteiger partial charge in [-0.15, -0.1) is 0 Å². The van der Waals surface area contributed by atoms with E-state index in [1.165, 1.54) is 0 Å². The van der Waals surface area contributed by atoms with Crippen molar-refractivity contribution in [3.8, 4) is 17.2 Å². The maximum atomic E-state index is 12.5. The quantitative estimate of drug-likeness (QED) is 0.701. The molecule has 130 valence electrons. The molecule has 1 aliphatic rings. The highest BCUT2D eigenvalue weighted by Gasteiger charge is 2.27. The highest BCUT2D eigenvalue weighted by atomic mass is 16.5. The number of benzene rings is 3. The average molecular weight is 347 g/mol. The van der Waals surface area contributed by atoms with Crippen molar-refractivity contribution in [2.24, 2.45) is 0 Å². The van der Waals surface area contributed by atoms with Gasteiger partial charge in [0.2, 0.25) is 0 Å². The van der Waals surface area contributed by atoms with Crippen molar-refractivity contribution in [1.82, 2.24) is 0 Å². The number of hydrogen-bond acceptors (Lipinski definition) is 4. The average Bonchev–Trinajstić information content (AvgIpc) is 2.97. The fourth-order valence-corrected chi connectivity index (χ4v) is 3.24. The molecule has 0 atom stereocenters. The number of phenols is 1. The highest BCUT2D eigenvalue weighted by molar-refractivity contribution is 6.35. The van der Waals surface area contributed by atoms with Crippen molar-refractivity contribution in [1.29, 1.82) is 0 Å². The van der Waals surface area contributed by atoms with Crippen LogP contribution in [0.3, 0.4) is 0 Å². The largest absolute Gasteiger partial charge is 0.507 e. The predicted molar refractivity (Wildman–Crippen MR) is 102 cm³/mol. The van der Waals surface area contributed by atoms with E-state index in [-0.39, 0.29) is 11.7 Å². The summed E-state index contributed by atoms with van der Waals surface area (Å²) in [7, 11) is 3.10. The van der Waals surface area contributed by atoms with Gasteiger partial charge in [-0.05, 0) is 29.0 Å². The summed E-state index contributed by atoms with van der Waals surface area (Å²) in [6.45, 7) is 0. The van der Waals surface area contributed by atoms with E-state index in [0.29, 0.717) is 33.9 Å². The van der Waals surface area contributed by atoms with Gasteiger partial charge in [0.05, 0.1) is 19.9 Å². The zero-order valence-corrected chi connectivity index (χ0v) is 14.4. The maximum Gasteiger partial charge on any atom is 0.256 e. The zero-order chi connectivity index (χ0) is 18.3. The number of aromatic hydroxyl groups is 1. The molecule has 0 saturated heterocycles. The Morgan fingerprint density at radius 3 is 2.50 bits per heavy atom. The predicted octanol–water partition coefficient (Wildman–Crippen LogP) is 4.06. The third-order valence-electron chi connectivity index (χ3n) is 4.54. The van der Waals surface area contributed by atoms with Crippen LogP contribution in [0.4, 0.5) is 5.69 Å². The summed E-state index contributed by atoms with van der Waals surface area (Å²) in [5, 5.41) is 15.1. The van der Waals surface area contributed by atoms with E-state index in [0.717, 1.165) is 10.8 Å². The lowest BCUT2D eigenvalue weighted by molar-refractivity contribution is -0.110. The Balaban J connectivity index is 1.93. The first-order valence-electron chi connectivity index (χ1n) is 8.12. The van der Waals surface area contributed by atoms with Crippen LogP contribution >= 0.6 is 0 Å². The van der Waals surface area contributed by atoms with Crippen LogP contribution in [0.1, 0.15) is 11.1 Å². The molecule has 0 bridgehead atoms. The molecule has 5 nitrogen and oxygen atoms in total. The summed E-state index contributed by atoms with van der Waals surface area (Å²) in [5.41, 5.74) is 2.43. The van der Waals surface area contributed by atoms with Gasteiger partial charge in [-0.2, -0.15) is 0 Å². The van der Waals surface area contributed by atoms with Crippen molar-refractivity contribution >= 4 is 34.0 Å². The number of nitrogens with one attached hydrogen (secondary N) is 1. The molecule has 26 heavy (non-hydrogen) atoms. The first-order valence-corrected chi connectivity index (χ1v) is 8.12. The molecule has 3 aromatic carbocycles. The Hall–Kier alpha value is -3.47. The summed E-state index contributed by atoms with van der Waals surface area (Å²) in [4.78, 5) is 12.5. The number of carbonyl (C=O) groups is 1. The van der Waals surface area contributed by atoms with Gasteiger partial charge in [-0.25, -0.2) is 0 Å². The van der Waals surface area contributed by atoms with E-state index in [9.17, 15) is 9.90 Å². The first-order chi connectivity index (χ1) is 12.6. The maximum absolute atomic E-state index is 12.5. The number of anilines is 1. The van der Waals surface area contributed by atoms with E-state index in [1.54, 1.807) is 38.5 Å². The molecule has 0 aliphatic carbocycles. The second kappa shape index (κ2) is 6.11. The molecule has 5 heteroatoms. The fourth-order valence-electron chi connectivity index (χ4n) is 3.24. The second-order valence-corrected chi connectivity index (χ2v) is 5.98. The van der Waals surface area contributed by atoms with Gasteiger partial charge < -0.3 is 19.9 Å². The minimum absolute atomic E-state index is 0.123. The third-order valence-corrected chi connectivity index (χ3v) is 4.54. The van der Waals surface area contributed by atoms with E-state index < -0.39 is 0 Å². The number of carbonyl (C=O) groups excluding carboxylic acids is 1. The number of rotatable bonds is 3. The zero-order valence-electron chi connectivity index (χ0n) is 14.4. The second-order valence-electron chi connectivity index (χ2n) is 5.98. The number of amides is 1. The molecule has 2 N–H and O–H groups in total. The Morgan fingerprint density at radius 1 is 1.00 bits per heavy atom. The van der Waals surface area contributed by atoms with Gasteiger partial charge in [0.1, 0.15) is 5.75 Å². The first kappa shape index (κ1) is 16.0. The van der Waals surface area contributed by atoms with E-state index >= 15 is 0 Å². The number of hydrogen-bond donors (Lipinski definition) is 2. The van der Waals surface area contributed by atoms with Gasteiger partial charge in [0, 0.05) is 22.8 Å². The Labute approximate surface area is 150 Å². The van der Waals surface area contributed by atoms with Crippen LogP contribution in [0.15, 0.2) is 48.5 Å². The number of methoxy groups -OCH3 is 2. The van der Waals surface area contributed by atoms with E-state index in [2.05, 4.69) is 5.32 Å². The lowest BCUT2D eigenvalue weighted by atomic mass is 9.98. The summed E-state index contributed by atoms with van der Waals surface area (Å²) in [5.74, 6) is 0.970. The number of ether oxygens (including phenoxy) is 2. The molecule has 3 aromatic rings. The van der Waals surface area contributed by atoms with Crippen molar-refractivity contribution < 1.29 is 19.4 Å². The lowest BCUT2D eigenvalue weighted by Gasteiger charge is -2.10. The van der Waals surface area contributed by atoms with Crippen LogP contribution < -0.4 is 14.8 Å². The van der Waals surface area contributed by atoms with Gasteiger partial charge in [-0.1, -0.05) is 30.3 Å². The van der Waals surface area contributed by atoms with Gasteiger partial charge in [0.15, 0.2) is 11.5 Å². The summed E-state index contributed by atoms with van der Waals surface area (Å²) < 4.78 is 10.6. The molecule has 0 unspecified atom stereocenters. The van der Waals surface area contributed by atoms with Gasteiger partial charge >= 0.3 is 0 Å². The minimum atomic E-state index is -0.234. The summed E-state index contributed by atoms with van der Waals surface area (Å²) in [6.07, 6.45) is 1.71. The molecular formula is C21H17NO4. The van der Waals surface area contributed by atoms with Crippen molar-refractivity contribution in [2.45, 2.75) is 0 Å². The molecule has 1 amide bonds. The van der Waals surface area contributed by atoms with Gasteiger partial charge in [0.25, 0.3) is 5.91 Å². The van der Waals surface area contributed by atoms with E-state index in [1.807, 2.05) is 30.3 Å². The Bertz CT molecular complexity index is 1070. The molecular weight excluding hydrogens is 330 g/mol. The van der Waals surface area contributed by atoms with Crippen LogP contribution in [-0.2, 0) is 4.79 Å². The molecule has 0 saturated carbocycles. The van der Waals surface area contributed by atoms with Crippen LogP contribution in [-0.4, -0.2) is 25.2 Å². The van der Waals surface area contributed by atoms with Crippen LogP contribution in [0.25, 0.3) is 22.4 Å². The number of phenolic OH excluding ortho intramolecular Hbond substituents is 1. The molecule has 0 aromatic heterocycles. The van der Waals surface area contributed by atoms with E-state index in [4.69, 9.17) is 9.47 Å². The van der Waals surface area contributed by atoms with Crippen molar-refractivity contribution in [2.75, 3.05) is 19.5 Å². The SMILES string of the molecule is COc1cc2c(cc1OC)/C(=C\c1c(O)ccc3ccccc13)C(=O)N2. The van der Waals surface area contributed by atoms with Crippen molar-refractivity contribution in [3.05, 3.63) is 59.7 Å². The van der Waals surface area contributed by atoms with Crippen molar-refractivity contribution in [3.63, 3.8) is 0 Å². The molecule has 0 fully saturated rings. The van der Waals surface area contributed by atoms with Crippen LogP contribution in [0.5, 0.6) is 17.2 Å². The normalized spacial score (nSPS) is 14.4. The summed E-state index contributed by atoms with van der Waals surface area (Å²) >= 11 is 0. The lowest BCUT2D eigenvalue weighted by Crippen LogP contribution is -2.03. The molecule has 4 rings (SSSR count). The Morgan fingerprint density at radius 2 is 1.73 bits per heavy atom. The topological polar surface area (TPSA) is 67.8 Å². The molecule has 1 heterocycles. The fraction of sp³-hybridized carbons (Fsp3) is 0.0952. The molecule has 1 aliphatic heterocycles. The minimum Gasteiger partial charge on any atom is -0.507 e. The highest BCUT2D eigenvalue weighted by Crippen LogP contribution is 2.42. The smallest absolute Gasteiger partial charge is 0.256 e. The third kappa shape index (κ3) is 2.45. The Kier molecular flexibility index (Phi) is 3.77. The van der Waals surface area contributed by atoms with Crippen LogP contribution in [0, 0.1) is 0 Å². The number of fused-ring (bicyclic) bond motifs is 2. The summed E-state index contributed by atoms with van der Waals surface area (Å²) in [6, 6.07) is 14.7. The van der Waals surface area contributed by atoms with Crippen LogP contribution in [0.2, 0.25) is 0 Å². The molecule has 0 radical (unpaired) electrons. The standard InChI is InChI=1S/C21H17NO4/c1-25-19-10-14-16(21(24)22-17(14)11-20(19)26-2)9-15-13-6-4-3-5-12(13)7-8-18(15)23/h3-11,23H,1-2H3,(H,22,24)/b16-9+. The molecule has 0 spiro atoms. The monoisotopic (exact) mass is 347 g/mol.